The van der Waals surface area contributed by atoms with Gasteiger partial charge in [-0.15, -0.1) is 5.10 Å². The molecule has 4 N–H and O–H groups in total. The molecule has 0 aliphatic rings. The van der Waals surface area contributed by atoms with Crippen molar-refractivity contribution in [1.29, 1.82) is 0 Å². The van der Waals surface area contributed by atoms with E-state index in [1.807, 2.05) is 0 Å². The minimum absolute atomic E-state index is 0.0000435. The first-order valence-corrected chi connectivity index (χ1v) is 6.34. The van der Waals surface area contributed by atoms with Gasteiger partial charge in [0.25, 0.3) is 16.0 Å². The number of aromatic nitrogens is 3. The molecule has 0 unspecified atom stereocenters. The summed E-state index contributed by atoms with van der Waals surface area (Å²) in [6, 6.07) is 6.20. The van der Waals surface area contributed by atoms with Gasteiger partial charge in [-0.25, -0.2) is 18.1 Å². The van der Waals surface area contributed by atoms with Crippen LogP contribution in [-0.2, 0) is 10.0 Å². The van der Waals surface area contributed by atoms with Crippen molar-refractivity contribution in [3.8, 4) is 0 Å². The SMILES string of the molecule is NNc1ccccc1S(=O)(=O)Nc1nccnn1. The van der Waals surface area contributed by atoms with E-state index in [-0.39, 0.29) is 16.5 Å². The predicted molar refractivity (Wildman–Crippen MR) is 64.9 cm³/mol. The van der Waals surface area contributed by atoms with Crippen molar-refractivity contribution in [3.05, 3.63) is 36.7 Å². The van der Waals surface area contributed by atoms with Crippen LogP contribution in [0, 0.1) is 0 Å². The number of hydrogen-bond donors (Lipinski definition) is 3. The lowest BCUT2D eigenvalue weighted by atomic mass is 10.3. The average Bonchev–Trinajstić information content (AvgIpc) is 2.39. The second-order valence-electron chi connectivity index (χ2n) is 3.21. The topological polar surface area (TPSA) is 123 Å². The Morgan fingerprint density at radius 1 is 1.17 bits per heavy atom. The molecule has 2 aromatic rings. The standard InChI is InChI=1S/C9H10N6O2S/c10-13-7-3-1-2-4-8(7)18(16,17)15-9-11-5-6-12-14-9/h1-6,13H,10H2,(H,11,14,15). The van der Waals surface area contributed by atoms with E-state index in [2.05, 4.69) is 25.3 Å². The van der Waals surface area contributed by atoms with Crippen molar-refractivity contribution in [2.75, 3.05) is 10.1 Å². The Morgan fingerprint density at radius 2 is 1.94 bits per heavy atom. The van der Waals surface area contributed by atoms with Gasteiger partial charge in [-0.3, -0.25) is 5.84 Å². The molecule has 0 amide bonds. The fraction of sp³-hybridized carbons (Fsp3) is 0. The van der Waals surface area contributed by atoms with Gasteiger partial charge in [0.1, 0.15) is 4.90 Å². The third-order valence-electron chi connectivity index (χ3n) is 2.04. The number of hydrogen-bond acceptors (Lipinski definition) is 7. The van der Waals surface area contributed by atoms with Crippen molar-refractivity contribution in [3.63, 3.8) is 0 Å². The molecule has 0 atom stereocenters. The first-order valence-electron chi connectivity index (χ1n) is 4.85. The Bertz CT molecular complexity index is 631. The van der Waals surface area contributed by atoms with Gasteiger partial charge in [0.15, 0.2) is 0 Å². The van der Waals surface area contributed by atoms with Crippen LogP contribution in [0.15, 0.2) is 41.6 Å². The van der Waals surface area contributed by atoms with Crippen LogP contribution in [0.5, 0.6) is 0 Å². The number of nitrogens with two attached hydrogens (primary N) is 1. The molecule has 0 spiro atoms. The number of benzene rings is 1. The van der Waals surface area contributed by atoms with Crippen LogP contribution >= 0.6 is 0 Å². The summed E-state index contributed by atoms with van der Waals surface area (Å²) in [6.07, 6.45) is 2.67. The number of para-hydroxylation sites is 1. The maximum Gasteiger partial charge on any atom is 0.266 e. The minimum atomic E-state index is -3.81. The van der Waals surface area contributed by atoms with Crippen molar-refractivity contribution in [2.45, 2.75) is 4.90 Å². The number of rotatable bonds is 4. The van der Waals surface area contributed by atoms with Crippen LogP contribution in [0.2, 0.25) is 0 Å². The molecule has 0 aliphatic carbocycles. The van der Waals surface area contributed by atoms with Crippen LogP contribution < -0.4 is 16.0 Å². The van der Waals surface area contributed by atoms with E-state index in [4.69, 9.17) is 5.84 Å². The monoisotopic (exact) mass is 266 g/mol. The van der Waals surface area contributed by atoms with Crippen molar-refractivity contribution in [2.24, 2.45) is 5.84 Å². The summed E-state index contributed by atoms with van der Waals surface area (Å²) in [4.78, 5) is 3.73. The van der Waals surface area contributed by atoms with E-state index >= 15 is 0 Å². The van der Waals surface area contributed by atoms with E-state index in [0.29, 0.717) is 0 Å². The van der Waals surface area contributed by atoms with Gasteiger partial charge < -0.3 is 5.43 Å². The van der Waals surface area contributed by atoms with E-state index in [0.717, 1.165) is 0 Å². The summed E-state index contributed by atoms with van der Waals surface area (Å²) in [5, 5.41) is 7.07. The Labute approximate surface area is 103 Å². The zero-order chi connectivity index (χ0) is 13.0. The Hall–Kier alpha value is -2.26. The van der Waals surface area contributed by atoms with Crippen molar-refractivity contribution < 1.29 is 8.42 Å². The zero-order valence-corrected chi connectivity index (χ0v) is 9.92. The smallest absolute Gasteiger partial charge is 0.266 e. The summed E-state index contributed by atoms with van der Waals surface area (Å²) in [5.41, 5.74) is 2.58. The molecule has 0 saturated heterocycles. The van der Waals surface area contributed by atoms with Crippen LogP contribution in [0.4, 0.5) is 11.6 Å². The minimum Gasteiger partial charge on any atom is -0.323 e. The highest BCUT2D eigenvalue weighted by atomic mass is 32.2. The second kappa shape index (κ2) is 4.94. The highest BCUT2D eigenvalue weighted by molar-refractivity contribution is 7.92. The molecule has 0 radical (unpaired) electrons. The Kier molecular flexibility index (Phi) is 3.35. The van der Waals surface area contributed by atoms with Gasteiger partial charge in [0.05, 0.1) is 18.1 Å². The normalized spacial score (nSPS) is 10.9. The molecule has 1 heterocycles. The molecule has 0 aliphatic heterocycles. The van der Waals surface area contributed by atoms with Gasteiger partial charge in [-0.05, 0) is 12.1 Å². The lowest BCUT2D eigenvalue weighted by molar-refractivity contribution is 0.601. The molecule has 9 heteroatoms. The van der Waals surface area contributed by atoms with Crippen molar-refractivity contribution >= 4 is 21.7 Å². The number of anilines is 2. The molecule has 94 valence electrons. The van der Waals surface area contributed by atoms with Gasteiger partial charge >= 0.3 is 0 Å². The van der Waals surface area contributed by atoms with Gasteiger partial charge in [0, 0.05) is 0 Å². The lowest BCUT2D eigenvalue weighted by Crippen LogP contribution is -2.18. The summed E-state index contributed by atoms with van der Waals surface area (Å²) >= 11 is 0. The summed E-state index contributed by atoms with van der Waals surface area (Å²) in [7, 11) is -3.81. The summed E-state index contributed by atoms with van der Waals surface area (Å²) < 4.78 is 26.3. The van der Waals surface area contributed by atoms with E-state index in [9.17, 15) is 8.42 Å². The molecular formula is C9H10N6O2S. The van der Waals surface area contributed by atoms with Crippen LogP contribution in [0.25, 0.3) is 0 Å². The molecule has 0 saturated carbocycles. The molecule has 1 aromatic heterocycles. The first kappa shape index (κ1) is 12.2. The number of nitrogen functional groups attached to an aromatic ring is 1. The van der Waals surface area contributed by atoms with Crippen LogP contribution in [-0.4, -0.2) is 23.6 Å². The average molecular weight is 266 g/mol. The maximum atomic E-state index is 12.1. The first-order chi connectivity index (χ1) is 8.63. The van der Waals surface area contributed by atoms with Gasteiger partial charge in [-0.1, -0.05) is 12.1 Å². The number of nitrogens with zero attached hydrogens (tertiary/aromatic N) is 3. The highest BCUT2D eigenvalue weighted by Gasteiger charge is 2.19. The molecule has 1 aromatic carbocycles. The highest BCUT2D eigenvalue weighted by Crippen LogP contribution is 2.21. The lowest BCUT2D eigenvalue weighted by Gasteiger charge is -2.09. The van der Waals surface area contributed by atoms with E-state index in [1.54, 1.807) is 18.2 Å². The third-order valence-corrected chi connectivity index (χ3v) is 3.43. The van der Waals surface area contributed by atoms with Crippen LogP contribution in [0.1, 0.15) is 0 Å². The van der Waals surface area contributed by atoms with Gasteiger partial charge in [0.2, 0.25) is 0 Å². The zero-order valence-electron chi connectivity index (χ0n) is 9.11. The summed E-state index contributed by atoms with van der Waals surface area (Å²) in [6.45, 7) is 0. The summed E-state index contributed by atoms with van der Waals surface area (Å²) in [5.74, 6) is 5.15. The fourth-order valence-corrected chi connectivity index (χ4v) is 2.41. The Morgan fingerprint density at radius 3 is 2.61 bits per heavy atom. The number of sulfonamides is 1. The molecule has 18 heavy (non-hydrogen) atoms. The third kappa shape index (κ3) is 2.52. The molecule has 8 nitrogen and oxygen atoms in total. The number of nitrogens with one attached hydrogen (secondary N) is 2. The Balaban J connectivity index is 2.37. The predicted octanol–water partition coefficient (Wildman–Crippen LogP) is -0.0420. The van der Waals surface area contributed by atoms with E-state index in [1.165, 1.54) is 18.5 Å². The van der Waals surface area contributed by atoms with Crippen LogP contribution in [0.3, 0.4) is 0 Å². The molecular weight excluding hydrogens is 256 g/mol. The second-order valence-corrected chi connectivity index (χ2v) is 4.86. The maximum absolute atomic E-state index is 12.1. The van der Waals surface area contributed by atoms with E-state index < -0.39 is 10.0 Å². The fourth-order valence-electron chi connectivity index (χ4n) is 1.29. The van der Waals surface area contributed by atoms with Gasteiger partial charge in [-0.2, -0.15) is 5.10 Å². The quantitative estimate of drug-likeness (QED) is 0.524. The molecule has 0 fully saturated rings. The largest absolute Gasteiger partial charge is 0.323 e. The molecule has 2 rings (SSSR count). The van der Waals surface area contributed by atoms with Crippen molar-refractivity contribution in [1.82, 2.24) is 15.2 Å². The molecule has 0 bridgehead atoms. The number of hydrazine groups is 1.